The zero-order chi connectivity index (χ0) is 43.3. The van der Waals surface area contributed by atoms with Crippen molar-refractivity contribution >= 4 is 113 Å². The van der Waals surface area contributed by atoms with Gasteiger partial charge < -0.3 is 0 Å². The molecule has 4 nitrogen and oxygen atoms in total. The summed E-state index contributed by atoms with van der Waals surface area (Å²) in [6.45, 7) is 0. The summed E-state index contributed by atoms with van der Waals surface area (Å²) in [5, 5.41) is 5.28. The van der Waals surface area contributed by atoms with E-state index in [-0.39, 0.29) is 15.0 Å². The molecule has 0 fully saturated rings. The van der Waals surface area contributed by atoms with E-state index in [0.717, 1.165) is 33.3 Å². The first-order chi connectivity index (χ1) is 31.8. The van der Waals surface area contributed by atoms with Gasteiger partial charge in [0.1, 0.15) is 0 Å². The van der Waals surface area contributed by atoms with E-state index in [1.807, 2.05) is 0 Å². The van der Waals surface area contributed by atoms with Gasteiger partial charge in [-0.25, -0.2) is 0 Å². The Hall–Kier alpha value is -6.26. The first kappa shape index (κ1) is 38.0. The van der Waals surface area contributed by atoms with Crippen molar-refractivity contribution in [1.29, 1.82) is 0 Å². The normalized spacial score (nSPS) is 15.4. The molecule has 7 heteroatoms. The monoisotopic (exact) mass is 1030 g/mol. The second kappa shape index (κ2) is 13.6. The van der Waals surface area contributed by atoms with Crippen molar-refractivity contribution in [2.45, 2.75) is 23.3 Å². The zero-order valence-electron chi connectivity index (χ0n) is 36.3. The van der Waals surface area contributed by atoms with E-state index < -0.39 is 25.7 Å². The Bertz CT molecular complexity index is 3740. The van der Waals surface area contributed by atoms with Crippen molar-refractivity contribution in [1.82, 2.24) is 17.1 Å². The van der Waals surface area contributed by atoms with Crippen LogP contribution in [0.3, 0.4) is 0 Å². The van der Waals surface area contributed by atoms with Crippen molar-refractivity contribution in [3.05, 3.63) is 182 Å². The molecule has 65 heavy (non-hydrogen) atoms. The van der Waals surface area contributed by atoms with Crippen LogP contribution in [0.4, 0.5) is 0 Å². The molecule has 0 saturated heterocycles. The molecule has 2 aliphatic rings. The Morgan fingerprint density at radius 1 is 0.354 bits per heavy atom. The molecule has 14 rings (SSSR count). The summed E-state index contributed by atoms with van der Waals surface area (Å²) in [5.74, 6) is 10.2. The molecule has 0 spiro atoms. The van der Waals surface area contributed by atoms with Crippen molar-refractivity contribution in [3.63, 3.8) is 0 Å². The van der Waals surface area contributed by atoms with Gasteiger partial charge in [-0.15, -0.1) is 0 Å². The molecule has 0 radical (unpaired) electrons. The first-order valence-corrected chi connectivity index (χ1v) is 33.8. The third-order valence-corrected chi connectivity index (χ3v) is 27.6. The van der Waals surface area contributed by atoms with Crippen molar-refractivity contribution in [2.24, 2.45) is 0 Å². The maximum atomic E-state index is 5.08. The van der Waals surface area contributed by atoms with Gasteiger partial charge in [-0.05, 0) is 0 Å². The summed E-state index contributed by atoms with van der Waals surface area (Å²) >= 11 is -4.62. The third-order valence-electron chi connectivity index (χ3n) is 14.3. The van der Waals surface area contributed by atoms with Crippen LogP contribution in [-0.2, 0) is 0 Å². The summed E-state index contributed by atoms with van der Waals surface area (Å²) in [7, 11) is 0. The fourth-order valence-electron chi connectivity index (χ4n) is 11.4. The molecule has 12 aromatic rings. The van der Waals surface area contributed by atoms with Gasteiger partial charge in [-0.2, -0.15) is 0 Å². The number of rotatable bonds is 4. The van der Waals surface area contributed by atoms with E-state index in [1.165, 1.54) is 77.2 Å². The van der Waals surface area contributed by atoms with E-state index in [1.54, 1.807) is 17.8 Å². The van der Waals surface area contributed by atoms with Crippen LogP contribution in [0.25, 0.3) is 111 Å². The molecule has 0 aliphatic carbocycles. The van der Waals surface area contributed by atoms with Crippen molar-refractivity contribution < 1.29 is 0 Å². The van der Waals surface area contributed by atoms with Crippen LogP contribution < -0.4 is 17.8 Å². The standard InChI is InChI=1S/C58H42N4Se3/c1-64(2)51-19-11-7-15-43(51)47-33-31-45-41-13-5-9-17-49(41)61(55(45)57(47)64)37-25-21-35(22-26-37)39-29-30-40(54-53(39)59-63-60-54)36-23-27-38(28-24-36)62-50-18-10-6-14-42(50)46-32-34-48-44-16-8-12-20-52(44)65(3,4)58(48)56(46)62/h5-34H,1-4H3. The quantitative estimate of drug-likeness (QED) is 0.165. The topological polar surface area (TPSA) is 35.6 Å². The van der Waals surface area contributed by atoms with Gasteiger partial charge in [-0.3, -0.25) is 0 Å². The summed E-state index contributed by atoms with van der Waals surface area (Å²) in [4.78, 5) is 0. The minimum atomic E-state index is -2.21. The molecule has 0 unspecified atom stereocenters. The van der Waals surface area contributed by atoms with Crippen LogP contribution in [0.2, 0.25) is 23.3 Å². The van der Waals surface area contributed by atoms with Crippen molar-refractivity contribution in [2.75, 3.05) is 0 Å². The number of hydrogen-bond acceptors (Lipinski definition) is 2. The van der Waals surface area contributed by atoms with Gasteiger partial charge in [0.2, 0.25) is 0 Å². The Balaban J connectivity index is 0.859. The van der Waals surface area contributed by atoms with E-state index in [2.05, 4.69) is 214 Å². The molecule has 5 heterocycles. The molecule has 3 aromatic heterocycles. The number of aromatic nitrogens is 4. The predicted octanol–water partition coefficient (Wildman–Crippen LogP) is 11.8. The average molecular weight is 1030 g/mol. The van der Waals surface area contributed by atoms with Gasteiger partial charge in [-0.1, -0.05) is 0 Å². The fourth-order valence-corrected chi connectivity index (χ4v) is 24.3. The predicted molar refractivity (Wildman–Crippen MR) is 280 cm³/mol. The number of fused-ring (bicyclic) bond motifs is 15. The Kier molecular flexibility index (Phi) is 7.98. The SMILES string of the molecule is C[Se]1(C)c2ccccc2-c2ccc3c4ccccc4n(-c4ccc(-c5ccc(-c6ccc(-n7c8ccccc8c8ccc9c(c87)[Se](C)(C)c7ccccc7-9)cc6)c6n[se]nc56)cc4)c3c21. The number of hydrogen-bond donors (Lipinski definition) is 0. The molecule has 9 aromatic carbocycles. The molecule has 0 bridgehead atoms. The molecule has 0 atom stereocenters. The maximum absolute atomic E-state index is 5.08. The molecular weight excluding hydrogens is 990 g/mol. The van der Waals surface area contributed by atoms with Gasteiger partial charge in [0.15, 0.2) is 0 Å². The number of nitrogens with zero attached hydrogens (tertiary/aromatic N) is 4. The van der Waals surface area contributed by atoms with Crippen molar-refractivity contribution in [3.8, 4) is 55.9 Å². The Morgan fingerprint density at radius 3 is 1.18 bits per heavy atom. The second-order valence-corrected chi connectivity index (χ2v) is 34.0. The molecule has 0 N–H and O–H groups in total. The zero-order valence-corrected chi connectivity index (χ0v) is 41.5. The molecular formula is C58H42N4Se3. The van der Waals surface area contributed by atoms with Crippen LogP contribution >= 0.6 is 0 Å². The van der Waals surface area contributed by atoms with Gasteiger partial charge >= 0.3 is 391 Å². The Labute approximate surface area is 388 Å². The van der Waals surface area contributed by atoms with Gasteiger partial charge in [0.25, 0.3) is 0 Å². The van der Waals surface area contributed by atoms with E-state index >= 15 is 0 Å². The first-order valence-electron chi connectivity index (χ1n) is 22.0. The molecule has 2 aliphatic heterocycles. The van der Waals surface area contributed by atoms with Gasteiger partial charge in [0, 0.05) is 0 Å². The van der Waals surface area contributed by atoms with Crippen LogP contribution in [0.5, 0.6) is 0 Å². The summed E-state index contributed by atoms with van der Waals surface area (Å²) in [6, 6.07) is 68.4. The van der Waals surface area contributed by atoms with E-state index in [0.29, 0.717) is 0 Å². The fraction of sp³-hybridized carbons (Fsp3) is 0.0690. The van der Waals surface area contributed by atoms with Crippen LogP contribution in [0, 0.1) is 0 Å². The number of para-hydroxylation sites is 2. The third kappa shape index (κ3) is 5.14. The molecule has 312 valence electrons. The van der Waals surface area contributed by atoms with E-state index in [4.69, 9.17) is 7.96 Å². The second-order valence-electron chi connectivity index (χ2n) is 18.2. The molecule has 0 amide bonds. The Morgan fingerprint density at radius 2 is 0.738 bits per heavy atom. The average Bonchev–Trinajstić information content (AvgIpc) is 4.14. The van der Waals surface area contributed by atoms with Crippen LogP contribution in [-0.4, -0.2) is 57.7 Å². The summed E-state index contributed by atoms with van der Waals surface area (Å²) in [6.07, 6.45) is 0. The minimum absolute atomic E-state index is 0.191. The van der Waals surface area contributed by atoms with E-state index in [9.17, 15) is 0 Å². The molecule has 0 saturated carbocycles. The van der Waals surface area contributed by atoms with Crippen LogP contribution in [0.15, 0.2) is 182 Å². The summed E-state index contributed by atoms with van der Waals surface area (Å²) < 4.78 is 21.4. The number of benzene rings is 9. The van der Waals surface area contributed by atoms with Gasteiger partial charge in [0.05, 0.1) is 0 Å². The van der Waals surface area contributed by atoms with Crippen LogP contribution in [0.1, 0.15) is 0 Å². The summed E-state index contributed by atoms with van der Waals surface area (Å²) in [5.41, 5.74) is 19.8.